The maximum Gasteiger partial charge on any atom is 0.185 e. The van der Waals surface area contributed by atoms with Crippen molar-refractivity contribution >= 4 is 11.9 Å². The van der Waals surface area contributed by atoms with Gasteiger partial charge in [-0.2, -0.15) is 0 Å². The normalized spacial score (nSPS) is 11.8. The van der Waals surface area contributed by atoms with Crippen LogP contribution in [-0.4, -0.2) is 24.1 Å². The average molecular weight is 521 g/mol. The molecule has 4 aromatic carbocycles. The monoisotopic (exact) mass is 520 g/mol. The predicted molar refractivity (Wildman–Crippen MR) is 158 cm³/mol. The highest BCUT2D eigenvalue weighted by Gasteiger charge is 2.08. The first-order valence-corrected chi connectivity index (χ1v) is 13.6. The summed E-state index contributed by atoms with van der Waals surface area (Å²) in [6, 6.07) is 33.0. The molecule has 0 spiro atoms. The molecule has 1 atom stereocenters. The Morgan fingerprint density at radius 3 is 1.90 bits per heavy atom. The van der Waals surface area contributed by atoms with Crippen molar-refractivity contribution in [2.24, 2.45) is 0 Å². The highest BCUT2D eigenvalue weighted by atomic mass is 16.5. The van der Waals surface area contributed by atoms with Crippen molar-refractivity contribution in [3.05, 3.63) is 126 Å². The number of aliphatic hydroxyl groups excluding tert-OH is 1. The number of ketones is 1. The van der Waals surface area contributed by atoms with Crippen molar-refractivity contribution in [2.45, 2.75) is 38.7 Å². The molecule has 200 valence electrons. The van der Waals surface area contributed by atoms with Crippen LogP contribution >= 0.6 is 0 Å². The van der Waals surface area contributed by atoms with Gasteiger partial charge in [0.2, 0.25) is 0 Å². The number of allylic oxidation sites excluding steroid dienone is 1. The Labute approximate surface area is 231 Å². The number of unbranched alkanes of at least 4 members (excludes halogenated alkanes) is 2. The number of aliphatic hydroxyl groups is 1. The minimum Gasteiger partial charge on any atom is -0.490 e. The van der Waals surface area contributed by atoms with Crippen molar-refractivity contribution in [1.82, 2.24) is 0 Å². The maximum absolute atomic E-state index is 12.2. The van der Waals surface area contributed by atoms with E-state index in [-0.39, 0.29) is 5.78 Å². The first kappa shape index (κ1) is 27.9. The van der Waals surface area contributed by atoms with E-state index in [1.54, 1.807) is 24.3 Å². The molecule has 0 aliphatic rings. The van der Waals surface area contributed by atoms with Crippen LogP contribution in [0.5, 0.6) is 11.5 Å². The molecule has 39 heavy (non-hydrogen) atoms. The lowest BCUT2D eigenvalue weighted by Crippen LogP contribution is -2.08. The minimum absolute atomic E-state index is 0.0213. The summed E-state index contributed by atoms with van der Waals surface area (Å²) in [5.41, 5.74) is 4.79. The number of hydrogen-bond acceptors (Lipinski definition) is 4. The Morgan fingerprint density at radius 1 is 0.744 bits per heavy atom. The molecular weight excluding hydrogens is 484 g/mol. The third-order valence-electron chi connectivity index (χ3n) is 6.55. The molecule has 4 nitrogen and oxygen atoms in total. The number of benzene rings is 4. The van der Waals surface area contributed by atoms with Gasteiger partial charge >= 0.3 is 0 Å². The number of rotatable bonds is 14. The van der Waals surface area contributed by atoms with Gasteiger partial charge in [0.05, 0.1) is 6.10 Å². The second-order valence-corrected chi connectivity index (χ2v) is 9.49. The van der Waals surface area contributed by atoms with Gasteiger partial charge in [-0.05, 0) is 59.0 Å². The number of carbonyl (C=O) groups excluding carboxylic acids is 1. The molecule has 0 saturated heterocycles. The van der Waals surface area contributed by atoms with E-state index in [4.69, 9.17) is 9.47 Å². The van der Waals surface area contributed by atoms with Gasteiger partial charge in [0.15, 0.2) is 5.78 Å². The number of carbonyl (C=O) groups is 1. The van der Waals surface area contributed by atoms with Crippen molar-refractivity contribution in [1.29, 1.82) is 0 Å². The summed E-state index contributed by atoms with van der Waals surface area (Å²) in [4.78, 5) is 12.2. The van der Waals surface area contributed by atoms with Crippen LogP contribution < -0.4 is 9.47 Å². The summed E-state index contributed by atoms with van der Waals surface area (Å²) in [5.74, 6) is 1.51. The Kier molecular flexibility index (Phi) is 10.5. The van der Waals surface area contributed by atoms with Gasteiger partial charge in [0, 0.05) is 5.56 Å². The number of hydrogen-bond donors (Lipinski definition) is 1. The third kappa shape index (κ3) is 8.69. The lowest BCUT2D eigenvalue weighted by atomic mass is 9.99. The SMILES string of the molecule is CCCCCC(O)c1ccc(-c2ccc(OCCOc3ccc(/C=C/C(=O)c4ccccc4)cc3)cc2)cc1. The average Bonchev–Trinajstić information content (AvgIpc) is 2.99. The highest BCUT2D eigenvalue weighted by Crippen LogP contribution is 2.26. The maximum atomic E-state index is 12.2. The van der Waals surface area contributed by atoms with Crippen LogP contribution in [0.4, 0.5) is 0 Å². The van der Waals surface area contributed by atoms with Gasteiger partial charge < -0.3 is 14.6 Å². The topological polar surface area (TPSA) is 55.8 Å². The summed E-state index contributed by atoms with van der Waals surface area (Å²) in [6.45, 7) is 3.02. The molecule has 0 fully saturated rings. The molecule has 0 heterocycles. The van der Waals surface area contributed by atoms with E-state index >= 15 is 0 Å². The fourth-order valence-corrected chi connectivity index (χ4v) is 4.26. The summed E-state index contributed by atoms with van der Waals surface area (Å²) < 4.78 is 11.6. The molecule has 0 aliphatic carbocycles. The zero-order chi connectivity index (χ0) is 27.3. The van der Waals surface area contributed by atoms with Crippen molar-refractivity contribution in [2.75, 3.05) is 13.2 Å². The first-order chi connectivity index (χ1) is 19.1. The quantitative estimate of drug-likeness (QED) is 0.103. The second-order valence-electron chi connectivity index (χ2n) is 9.49. The smallest absolute Gasteiger partial charge is 0.185 e. The van der Waals surface area contributed by atoms with Gasteiger partial charge in [-0.3, -0.25) is 4.79 Å². The van der Waals surface area contributed by atoms with Gasteiger partial charge in [-0.15, -0.1) is 0 Å². The molecule has 0 aliphatic heterocycles. The zero-order valence-corrected chi connectivity index (χ0v) is 22.5. The summed E-state index contributed by atoms with van der Waals surface area (Å²) in [7, 11) is 0. The van der Waals surface area contributed by atoms with Gasteiger partial charge in [-0.1, -0.05) is 111 Å². The van der Waals surface area contributed by atoms with Gasteiger partial charge in [0.25, 0.3) is 0 Å². The fourth-order valence-electron chi connectivity index (χ4n) is 4.26. The zero-order valence-electron chi connectivity index (χ0n) is 22.5. The molecule has 4 aromatic rings. The van der Waals surface area contributed by atoms with E-state index in [0.29, 0.717) is 18.8 Å². The van der Waals surface area contributed by atoms with E-state index < -0.39 is 6.10 Å². The van der Waals surface area contributed by atoms with Crippen LogP contribution in [0, 0.1) is 0 Å². The van der Waals surface area contributed by atoms with Crippen LogP contribution in [0.3, 0.4) is 0 Å². The molecule has 0 saturated carbocycles. The summed E-state index contributed by atoms with van der Waals surface area (Å²) in [5, 5.41) is 10.4. The van der Waals surface area contributed by atoms with Crippen molar-refractivity contribution in [3.8, 4) is 22.6 Å². The van der Waals surface area contributed by atoms with E-state index in [1.165, 1.54) is 0 Å². The van der Waals surface area contributed by atoms with Crippen LogP contribution in [0.2, 0.25) is 0 Å². The van der Waals surface area contributed by atoms with Gasteiger partial charge in [-0.25, -0.2) is 0 Å². The first-order valence-electron chi connectivity index (χ1n) is 13.6. The Morgan fingerprint density at radius 2 is 1.31 bits per heavy atom. The highest BCUT2D eigenvalue weighted by molar-refractivity contribution is 6.06. The number of ether oxygens (including phenoxy) is 2. The summed E-state index contributed by atoms with van der Waals surface area (Å²) >= 11 is 0. The van der Waals surface area contributed by atoms with E-state index in [9.17, 15) is 9.90 Å². The molecule has 0 bridgehead atoms. The Bertz CT molecular complexity index is 1310. The van der Waals surface area contributed by atoms with Crippen LogP contribution in [0.1, 0.15) is 60.2 Å². The summed E-state index contributed by atoms with van der Waals surface area (Å²) in [6.07, 6.45) is 7.16. The molecule has 4 rings (SSSR count). The predicted octanol–water partition coefficient (Wildman–Crippen LogP) is 8.32. The molecular formula is C35H36O4. The Balaban J connectivity index is 1.19. The van der Waals surface area contributed by atoms with Crippen LogP contribution in [-0.2, 0) is 0 Å². The lowest BCUT2D eigenvalue weighted by Gasteiger charge is -2.12. The van der Waals surface area contributed by atoms with Crippen molar-refractivity contribution in [3.63, 3.8) is 0 Å². The van der Waals surface area contributed by atoms with Gasteiger partial charge in [0.1, 0.15) is 24.7 Å². The standard InChI is InChI=1S/C35H36O4/c1-2-3-5-10-34(36)31-16-14-28(15-17-31)29-18-22-33(23-19-29)39-26-25-38-32-20-11-27(12-21-32)13-24-35(37)30-8-6-4-7-9-30/h4,6-9,11-24,34,36H,2-3,5,10,25-26H2,1H3/b24-13+. The van der Waals surface area contributed by atoms with E-state index in [2.05, 4.69) is 19.1 Å². The minimum atomic E-state index is -0.394. The molecule has 0 aromatic heterocycles. The molecule has 1 N–H and O–H groups in total. The molecule has 0 radical (unpaired) electrons. The molecule has 1 unspecified atom stereocenters. The van der Waals surface area contributed by atoms with E-state index in [0.717, 1.165) is 59.4 Å². The lowest BCUT2D eigenvalue weighted by molar-refractivity contribution is 0.104. The molecule has 0 amide bonds. The Hall–Kier alpha value is -4.15. The fraction of sp³-hybridized carbons (Fsp3) is 0.229. The van der Waals surface area contributed by atoms with Crippen LogP contribution in [0.15, 0.2) is 109 Å². The largest absolute Gasteiger partial charge is 0.490 e. The molecule has 4 heteroatoms. The third-order valence-corrected chi connectivity index (χ3v) is 6.55. The van der Waals surface area contributed by atoms with Crippen LogP contribution in [0.25, 0.3) is 17.2 Å². The van der Waals surface area contributed by atoms with E-state index in [1.807, 2.05) is 78.9 Å². The second kappa shape index (κ2) is 14.7. The van der Waals surface area contributed by atoms with Crippen molar-refractivity contribution < 1.29 is 19.4 Å².